The molecule has 26 heavy (non-hydrogen) atoms. The van der Waals surface area contributed by atoms with Gasteiger partial charge in [-0.1, -0.05) is 13.8 Å². The number of nitrogens with one attached hydrogen (secondary N) is 1. The maximum atomic E-state index is 11.2. The van der Waals surface area contributed by atoms with Gasteiger partial charge in [-0.25, -0.2) is 0 Å². The van der Waals surface area contributed by atoms with E-state index in [1.807, 2.05) is 0 Å². The molecule has 0 aromatic carbocycles. The van der Waals surface area contributed by atoms with Crippen molar-refractivity contribution in [1.29, 1.82) is 0 Å². The molecule has 0 spiro atoms. The molecule has 0 unspecified atom stereocenters. The fourth-order valence-electron chi connectivity index (χ4n) is 3.79. The van der Waals surface area contributed by atoms with Gasteiger partial charge in [-0.15, -0.1) is 24.0 Å². The number of aliphatic imine (C=N–C) groups is 1. The van der Waals surface area contributed by atoms with Crippen LogP contribution in [0.15, 0.2) is 4.99 Å². The SMILES string of the molecule is CCNC(=NCCCCN1CCC(C(N)=O)CC1)N1CCC(C)(C)C1.I. The molecule has 0 radical (unpaired) electrons. The Morgan fingerprint density at radius 2 is 1.92 bits per heavy atom. The number of hydrogen-bond donors (Lipinski definition) is 2. The van der Waals surface area contributed by atoms with Crippen molar-refractivity contribution in [2.24, 2.45) is 22.1 Å². The third kappa shape index (κ3) is 7.58. The molecule has 0 aliphatic carbocycles. The number of nitrogens with two attached hydrogens (primary N) is 1. The summed E-state index contributed by atoms with van der Waals surface area (Å²) in [5, 5.41) is 3.44. The van der Waals surface area contributed by atoms with Gasteiger partial charge in [-0.05, 0) is 64.1 Å². The minimum absolute atomic E-state index is 0. The second-order valence-corrected chi connectivity index (χ2v) is 8.30. The quantitative estimate of drug-likeness (QED) is 0.254. The van der Waals surface area contributed by atoms with Crippen molar-refractivity contribution in [3.8, 4) is 0 Å². The Morgan fingerprint density at radius 3 is 2.46 bits per heavy atom. The molecule has 3 N–H and O–H groups in total. The molecule has 1 amide bonds. The first-order valence-electron chi connectivity index (χ1n) is 9.96. The maximum absolute atomic E-state index is 11.2. The molecule has 2 rings (SSSR count). The third-order valence-corrected chi connectivity index (χ3v) is 5.45. The lowest BCUT2D eigenvalue weighted by Gasteiger charge is -2.30. The van der Waals surface area contributed by atoms with Gasteiger partial charge in [0.2, 0.25) is 5.91 Å². The van der Waals surface area contributed by atoms with Crippen LogP contribution in [0.2, 0.25) is 0 Å². The summed E-state index contributed by atoms with van der Waals surface area (Å²) >= 11 is 0. The van der Waals surface area contributed by atoms with Crippen LogP contribution in [-0.4, -0.2) is 67.5 Å². The number of rotatable bonds is 7. The molecule has 152 valence electrons. The van der Waals surface area contributed by atoms with E-state index in [9.17, 15) is 4.79 Å². The molecule has 2 heterocycles. The van der Waals surface area contributed by atoms with Crippen LogP contribution in [0.4, 0.5) is 0 Å². The van der Waals surface area contributed by atoms with Gasteiger partial charge < -0.3 is 20.9 Å². The molecule has 0 aromatic heterocycles. The molecule has 6 nitrogen and oxygen atoms in total. The molecule has 2 aliphatic heterocycles. The number of nitrogens with zero attached hydrogens (tertiary/aromatic N) is 3. The van der Waals surface area contributed by atoms with Crippen LogP contribution < -0.4 is 11.1 Å². The molecule has 7 heteroatoms. The van der Waals surface area contributed by atoms with Crippen LogP contribution in [0.1, 0.15) is 52.9 Å². The topological polar surface area (TPSA) is 74.0 Å². The first-order valence-corrected chi connectivity index (χ1v) is 9.96. The number of piperidine rings is 1. The van der Waals surface area contributed by atoms with E-state index in [1.54, 1.807) is 0 Å². The highest BCUT2D eigenvalue weighted by atomic mass is 127. The number of carbonyl (C=O) groups is 1. The lowest BCUT2D eigenvalue weighted by molar-refractivity contribution is -0.123. The van der Waals surface area contributed by atoms with Gasteiger partial charge >= 0.3 is 0 Å². The van der Waals surface area contributed by atoms with E-state index in [0.717, 1.165) is 77.5 Å². The van der Waals surface area contributed by atoms with Crippen LogP contribution in [0.3, 0.4) is 0 Å². The smallest absolute Gasteiger partial charge is 0.220 e. The summed E-state index contributed by atoms with van der Waals surface area (Å²) in [6.45, 7) is 13.9. The van der Waals surface area contributed by atoms with Crippen molar-refractivity contribution >= 4 is 35.8 Å². The second-order valence-electron chi connectivity index (χ2n) is 8.30. The van der Waals surface area contributed by atoms with Crippen LogP contribution in [0.25, 0.3) is 0 Å². The number of unbranched alkanes of at least 4 members (excludes halogenated alkanes) is 1. The molecule has 2 saturated heterocycles. The zero-order valence-corrected chi connectivity index (χ0v) is 19.1. The zero-order chi connectivity index (χ0) is 18.3. The van der Waals surface area contributed by atoms with Crippen molar-refractivity contribution in [3.05, 3.63) is 0 Å². The number of carbonyl (C=O) groups excluding carboxylic acids is 1. The van der Waals surface area contributed by atoms with Crippen molar-refractivity contribution in [2.45, 2.75) is 52.9 Å². The summed E-state index contributed by atoms with van der Waals surface area (Å²) < 4.78 is 0. The Labute approximate surface area is 176 Å². The maximum Gasteiger partial charge on any atom is 0.220 e. The van der Waals surface area contributed by atoms with E-state index in [2.05, 4.69) is 35.9 Å². The molecule has 0 saturated carbocycles. The summed E-state index contributed by atoms with van der Waals surface area (Å²) in [5.41, 5.74) is 5.79. The summed E-state index contributed by atoms with van der Waals surface area (Å²) in [5.74, 6) is 1.04. The van der Waals surface area contributed by atoms with Crippen molar-refractivity contribution in [3.63, 3.8) is 0 Å². The van der Waals surface area contributed by atoms with E-state index in [1.165, 1.54) is 6.42 Å². The number of amides is 1. The van der Waals surface area contributed by atoms with E-state index < -0.39 is 0 Å². The van der Waals surface area contributed by atoms with Crippen molar-refractivity contribution in [1.82, 2.24) is 15.1 Å². The molecule has 0 atom stereocenters. The van der Waals surface area contributed by atoms with Crippen LogP contribution >= 0.6 is 24.0 Å². The third-order valence-electron chi connectivity index (χ3n) is 5.45. The molecule has 2 aliphatic rings. The number of likely N-dealkylation sites (tertiary alicyclic amines) is 2. The van der Waals surface area contributed by atoms with Gasteiger partial charge in [0.15, 0.2) is 5.96 Å². The van der Waals surface area contributed by atoms with E-state index in [4.69, 9.17) is 10.7 Å². The average molecular weight is 479 g/mol. The molecular formula is C19H38IN5O. The monoisotopic (exact) mass is 479 g/mol. The van der Waals surface area contributed by atoms with Gasteiger partial charge in [0, 0.05) is 32.1 Å². The number of hydrogen-bond acceptors (Lipinski definition) is 3. The van der Waals surface area contributed by atoms with Crippen LogP contribution in [0, 0.1) is 11.3 Å². The van der Waals surface area contributed by atoms with Gasteiger partial charge in [0.05, 0.1) is 0 Å². The van der Waals surface area contributed by atoms with E-state index in [-0.39, 0.29) is 35.8 Å². The molecule has 0 bridgehead atoms. The summed E-state index contributed by atoms with van der Waals surface area (Å²) in [6, 6.07) is 0. The number of primary amides is 1. The standard InChI is InChI=1S/C19H37N5O.HI/c1-4-21-18(24-14-9-19(2,3)15-24)22-10-5-6-11-23-12-7-16(8-13-23)17(20)25;/h16H,4-15H2,1-3H3,(H2,20,25)(H,21,22);1H. The highest BCUT2D eigenvalue weighted by Crippen LogP contribution is 2.28. The van der Waals surface area contributed by atoms with Crippen molar-refractivity contribution < 1.29 is 4.79 Å². The van der Waals surface area contributed by atoms with Crippen LogP contribution in [-0.2, 0) is 4.79 Å². The van der Waals surface area contributed by atoms with Gasteiger partial charge in [0.1, 0.15) is 0 Å². The van der Waals surface area contributed by atoms with Gasteiger partial charge in [0.25, 0.3) is 0 Å². The highest BCUT2D eigenvalue weighted by molar-refractivity contribution is 14.0. The largest absolute Gasteiger partial charge is 0.369 e. The summed E-state index contributed by atoms with van der Waals surface area (Å²) in [7, 11) is 0. The van der Waals surface area contributed by atoms with Gasteiger partial charge in [-0.2, -0.15) is 0 Å². The fourth-order valence-corrected chi connectivity index (χ4v) is 3.79. The molecule has 2 fully saturated rings. The molecule has 0 aromatic rings. The first-order chi connectivity index (χ1) is 11.9. The Balaban J connectivity index is 0.00000338. The Bertz CT molecular complexity index is 461. The fraction of sp³-hybridized carbons (Fsp3) is 0.895. The Morgan fingerprint density at radius 1 is 1.23 bits per heavy atom. The normalized spacial score (nSPS) is 21.5. The predicted molar refractivity (Wildman–Crippen MR) is 119 cm³/mol. The summed E-state index contributed by atoms with van der Waals surface area (Å²) in [4.78, 5) is 20.9. The van der Waals surface area contributed by atoms with E-state index in [0.29, 0.717) is 5.41 Å². The van der Waals surface area contributed by atoms with Gasteiger partial charge in [-0.3, -0.25) is 9.79 Å². The Kier molecular flexibility index (Phi) is 10.2. The van der Waals surface area contributed by atoms with E-state index >= 15 is 0 Å². The van der Waals surface area contributed by atoms with Crippen LogP contribution in [0.5, 0.6) is 0 Å². The average Bonchev–Trinajstić information content (AvgIpc) is 2.94. The molecular weight excluding hydrogens is 441 g/mol. The lowest BCUT2D eigenvalue weighted by Crippen LogP contribution is -2.41. The summed E-state index contributed by atoms with van der Waals surface area (Å²) in [6.07, 6.45) is 5.35. The minimum Gasteiger partial charge on any atom is -0.369 e. The number of halogens is 1. The highest BCUT2D eigenvalue weighted by Gasteiger charge is 2.30. The zero-order valence-electron chi connectivity index (χ0n) is 16.8. The Hall–Kier alpha value is -0.570. The predicted octanol–water partition coefficient (Wildman–Crippen LogP) is 2.28. The minimum atomic E-state index is -0.130. The van der Waals surface area contributed by atoms with Crippen molar-refractivity contribution in [2.75, 3.05) is 45.8 Å². The first kappa shape index (κ1) is 23.5. The second kappa shape index (κ2) is 11.3. The number of guanidine groups is 1. The lowest BCUT2D eigenvalue weighted by atomic mass is 9.93.